The molecule has 0 bridgehead atoms. The largest absolute Gasteiger partial charge is 0.339 e. The van der Waals surface area contributed by atoms with E-state index in [0.29, 0.717) is 11.5 Å². The molecule has 0 unspecified atom stereocenters. The second kappa shape index (κ2) is 6.60. The van der Waals surface area contributed by atoms with Gasteiger partial charge in [0.25, 0.3) is 5.91 Å². The van der Waals surface area contributed by atoms with Crippen molar-refractivity contribution in [1.29, 1.82) is 0 Å². The monoisotopic (exact) mass is 296 g/mol. The molecule has 0 atom stereocenters. The molecule has 4 heteroatoms. The van der Waals surface area contributed by atoms with Gasteiger partial charge in [0.05, 0.1) is 0 Å². The average molecular weight is 296 g/mol. The number of aromatic amines is 1. The number of likely N-dealkylation sites (tertiary alicyclic amines) is 1. The molecular formula is C18H20N2O2. The Hall–Kier alpha value is -2.36. The summed E-state index contributed by atoms with van der Waals surface area (Å²) in [5.74, 6) is 0.592. The van der Waals surface area contributed by atoms with Crippen LogP contribution in [-0.2, 0) is 6.42 Å². The number of hydrogen-bond acceptors (Lipinski definition) is 2. The van der Waals surface area contributed by atoms with Gasteiger partial charge in [-0.25, -0.2) is 0 Å². The predicted octanol–water partition coefficient (Wildman–Crippen LogP) is 2.47. The van der Waals surface area contributed by atoms with E-state index < -0.39 is 0 Å². The lowest BCUT2D eigenvalue weighted by atomic mass is 9.90. The van der Waals surface area contributed by atoms with Crippen molar-refractivity contribution in [2.24, 2.45) is 5.92 Å². The van der Waals surface area contributed by atoms with Crippen LogP contribution >= 0.6 is 0 Å². The van der Waals surface area contributed by atoms with E-state index in [4.69, 9.17) is 0 Å². The Morgan fingerprint density at radius 1 is 1.14 bits per heavy atom. The number of H-pyrrole nitrogens is 1. The van der Waals surface area contributed by atoms with E-state index in [1.54, 1.807) is 6.07 Å². The summed E-state index contributed by atoms with van der Waals surface area (Å²) in [6, 6.07) is 13.5. The number of benzene rings is 1. The number of amides is 1. The van der Waals surface area contributed by atoms with Gasteiger partial charge in [0.15, 0.2) is 0 Å². The fourth-order valence-electron chi connectivity index (χ4n) is 3.05. The summed E-state index contributed by atoms with van der Waals surface area (Å²) in [4.78, 5) is 28.1. The van der Waals surface area contributed by atoms with E-state index in [-0.39, 0.29) is 11.5 Å². The van der Waals surface area contributed by atoms with Gasteiger partial charge in [0.1, 0.15) is 0 Å². The van der Waals surface area contributed by atoms with Crippen molar-refractivity contribution in [2.45, 2.75) is 19.3 Å². The lowest BCUT2D eigenvalue weighted by Crippen LogP contribution is -2.39. The average Bonchev–Trinajstić information content (AvgIpc) is 2.56. The molecule has 114 valence electrons. The molecule has 0 spiro atoms. The fraction of sp³-hybridized carbons (Fsp3) is 0.333. The van der Waals surface area contributed by atoms with Crippen LogP contribution in [0.5, 0.6) is 0 Å². The highest BCUT2D eigenvalue weighted by atomic mass is 16.2. The summed E-state index contributed by atoms with van der Waals surface area (Å²) in [5, 5.41) is 0. The third-order valence-electron chi connectivity index (χ3n) is 4.29. The maximum atomic E-state index is 12.4. The van der Waals surface area contributed by atoms with Crippen molar-refractivity contribution >= 4 is 5.91 Å². The third-order valence-corrected chi connectivity index (χ3v) is 4.29. The van der Waals surface area contributed by atoms with E-state index in [1.807, 2.05) is 11.0 Å². The molecule has 0 radical (unpaired) electrons. The zero-order valence-corrected chi connectivity index (χ0v) is 12.5. The van der Waals surface area contributed by atoms with Crippen LogP contribution in [0.4, 0.5) is 0 Å². The molecule has 1 aliphatic rings. The number of aromatic nitrogens is 1. The van der Waals surface area contributed by atoms with Crippen LogP contribution in [0.15, 0.2) is 53.5 Å². The highest BCUT2D eigenvalue weighted by molar-refractivity contribution is 5.94. The topological polar surface area (TPSA) is 53.2 Å². The molecule has 1 aliphatic heterocycles. The van der Waals surface area contributed by atoms with Crippen LogP contribution in [0.3, 0.4) is 0 Å². The minimum absolute atomic E-state index is 0.0377. The summed E-state index contributed by atoms with van der Waals surface area (Å²) in [6.07, 6.45) is 4.64. The second-order valence-corrected chi connectivity index (χ2v) is 5.87. The van der Waals surface area contributed by atoms with Gasteiger partial charge < -0.3 is 9.88 Å². The first-order valence-electron chi connectivity index (χ1n) is 7.74. The van der Waals surface area contributed by atoms with E-state index in [2.05, 4.69) is 29.2 Å². The van der Waals surface area contributed by atoms with Crippen LogP contribution < -0.4 is 5.56 Å². The second-order valence-electron chi connectivity index (χ2n) is 5.87. The van der Waals surface area contributed by atoms with Crippen LogP contribution in [0.25, 0.3) is 0 Å². The SMILES string of the molecule is O=C(c1cc[nH]c(=O)c1)N1CCC(Cc2ccccc2)CC1. The van der Waals surface area contributed by atoms with E-state index in [0.717, 1.165) is 32.4 Å². The Morgan fingerprint density at radius 3 is 2.55 bits per heavy atom. The van der Waals surface area contributed by atoms with Crippen LogP contribution in [0.2, 0.25) is 0 Å². The highest BCUT2D eigenvalue weighted by Crippen LogP contribution is 2.22. The first kappa shape index (κ1) is 14.6. The number of pyridine rings is 1. The first-order chi connectivity index (χ1) is 10.7. The lowest BCUT2D eigenvalue weighted by Gasteiger charge is -2.32. The van der Waals surface area contributed by atoms with Gasteiger partial charge in [-0.15, -0.1) is 0 Å². The summed E-state index contributed by atoms with van der Waals surface area (Å²) in [6.45, 7) is 1.53. The van der Waals surface area contributed by atoms with Gasteiger partial charge in [-0.1, -0.05) is 30.3 Å². The number of nitrogens with zero attached hydrogens (tertiary/aromatic N) is 1. The molecule has 1 saturated heterocycles. The molecule has 22 heavy (non-hydrogen) atoms. The highest BCUT2D eigenvalue weighted by Gasteiger charge is 2.23. The number of nitrogens with one attached hydrogen (secondary N) is 1. The van der Waals surface area contributed by atoms with Crippen molar-refractivity contribution in [2.75, 3.05) is 13.1 Å². The number of hydrogen-bond donors (Lipinski definition) is 1. The molecule has 2 heterocycles. The summed E-state index contributed by atoms with van der Waals surface area (Å²) in [5.41, 5.74) is 1.61. The third kappa shape index (κ3) is 3.45. The molecule has 2 aromatic rings. The van der Waals surface area contributed by atoms with Gasteiger partial charge in [-0.05, 0) is 36.8 Å². The van der Waals surface area contributed by atoms with E-state index in [9.17, 15) is 9.59 Å². The molecule has 0 saturated carbocycles. The zero-order chi connectivity index (χ0) is 15.4. The minimum atomic E-state index is -0.232. The summed E-state index contributed by atoms with van der Waals surface area (Å²) in [7, 11) is 0. The van der Waals surface area contributed by atoms with E-state index >= 15 is 0 Å². The normalized spacial score (nSPS) is 15.7. The number of carbonyl (C=O) groups excluding carboxylic acids is 1. The predicted molar refractivity (Wildman–Crippen MR) is 85.8 cm³/mol. The Labute approximate surface area is 129 Å². The molecule has 0 aliphatic carbocycles. The Bertz CT molecular complexity index is 685. The van der Waals surface area contributed by atoms with Gasteiger partial charge in [0.2, 0.25) is 5.56 Å². The molecular weight excluding hydrogens is 276 g/mol. The summed E-state index contributed by atoms with van der Waals surface area (Å²) < 4.78 is 0. The smallest absolute Gasteiger partial charge is 0.254 e. The maximum Gasteiger partial charge on any atom is 0.254 e. The van der Waals surface area contributed by atoms with Gasteiger partial charge in [-0.2, -0.15) is 0 Å². The maximum absolute atomic E-state index is 12.4. The quantitative estimate of drug-likeness (QED) is 0.946. The molecule has 1 fully saturated rings. The molecule has 1 aromatic carbocycles. The Balaban J connectivity index is 1.57. The lowest BCUT2D eigenvalue weighted by molar-refractivity contribution is 0.0690. The minimum Gasteiger partial charge on any atom is -0.339 e. The van der Waals surface area contributed by atoms with Crippen molar-refractivity contribution in [3.05, 3.63) is 70.1 Å². The molecule has 1 N–H and O–H groups in total. The Morgan fingerprint density at radius 2 is 1.86 bits per heavy atom. The van der Waals surface area contributed by atoms with Crippen LogP contribution in [0, 0.1) is 5.92 Å². The number of piperidine rings is 1. The molecule has 3 rings (SSSR count). The Kier molecular flexibility index (Phi) is 4.37. The molecule has 4 nitrogen and oxygen atoms in total. The first-order valence-corrected chi connectivity index (χ1v) is 7.74. The summed E-state index contributed by atoms with van der Waals surface area (Å²) >= 11 is 0. The number of carbonyl (C=O) groups is 1. The van der Waals surface area contributed by atoms with Crippen molar-refractivity contribution in [1.82, 2.24) is 9.88 Å². The van der Waals surface area contributed by atoms with Gasteiger partial charge in [-0.3, -0.25) is 9.59 Å². The molecule has 1 aromatic heterocycles. The van der Waals surface area contributed by atoms with Crippen molar-refractivity contribution in [3.8, 4) is 0 Å². The number of rotatable bonds is 3. The fourth-order valence-corrected chi connectivity index (χ4v) is 3.05. The zero-order valence-electron chi connectivity index (χ0n) is 12.5. The standard InChI is InChI=1S/C18H20N2O2/c21-17-13-16(6-9-19-17)18(22)20-10-7-15(8-11-20)12-14-4-2-1-3-5-14/h1-6,9,13,15H,7-8,10-12H2,(H,19,21). The van der Waals surface area contributed by atoms with Crippen molar-refractivity contribution in [3.63, 3.8) is 0 Å². The van der Waals surface area contributed by atoms with Crippen molar-refractivity contribution < 1.29 is 4.79 Å². The molecule has 1 amide bonds. The van der Waals surface area contributed by atoms with Crippen LogP contribution in [-0.4, -0.2) is 28.9 Å². The van der Waals surface area contributed by atoms with E-state index in [1.165, 1.54) is 17.8 Å². The van der Waals surface area contributed by atoms with Gasteiger partial charge in [0, 0.05) is 30.9 Å². The van der Waals surface area contributed by atoms with Crippen LogP contribution in [0.1, 0.15) is 28.8 Å². The van der Waals surface area contributed by atoms with Gasteiger partial charge >= 0.3 is 0 Å².